The zero-order valence-corrected chi connectivity index (χ0v) is 18.6. The van der Waals surface area contributed by atoms with Gasteiger partial charge in [0.05, 0.1) is 31.4 Å². The second-order valence-corrected chi connectivity index (χ2v) is 7.54. The van der Waals surface area contributed by atoms with E-state index < -0.39 is 5.97 Å². The van der Waals surface area contributed by atoms with Crippen LogP contribution in [0.5, 0.6) is 5.75 Å². The summed E-state index contributed by atoms with van der Waals surface area (Å²) in [7, 11) is 2.86. The van der Waals surface area contributed by atoms with E-state index in [-0.39, 0.29) is 24.1 Å². The Bertz CT molecular complexity index is 1280. The zero-order valence-electron chi connectivity index (χ0n) is 17.9. The van der Waals surface area contributed by atoms with Gasteiger partial charge in [0.2, 0.25) is 5.96 Å². The molecule has 8 nitrogen and oxygen atoms in total. The number of benzene rings is 2. The molecule has 0 radical (unpaired) electrons. The van der Waals surface area contributed by atoms with Crippen molar-refractivity contribution in [3.05, 3.63) is 82.2 Å². The van der Waals surface area contributed by atoms with Gasteiger partial charge in [0.15, 0.2) is 0 Å². The first kappa shape index (κ1) is 22.2. The predicted octanol–water partition coefficient (Wildman–Crippen LogP) is 4.09. The molecule has 0 spiro atoms. The number of guanidine groups is 1. The Labute approximate surface area is 194 Å². The zero-order chi connectivity index (χ0) is 23.5. The summed E-state index contributed by atoms with van der Waals surface area (Å²) >= 11 is 6.19. The maximum atomic E-state index is 12.9. The van der Waals surface area contributed by atoms with E-state index in [4.69, 9.17) is 26.5 Å². The number of furan rings is 1. The van der Waals surface area contributed by atoms with Gasteiger partial charge in [0.25, 0.3) is 5.91 Å². The lowest BCUT2D eigenvalue weighted by molar-refractivity contribution is -0.123. The standard InChI is InChI=1S/C24H20ClN3O5/c1-31-21-9-7-16(11-18(21)25)20-10-8-17(33-20)12-19-22(29)28(24(26)27-19)13-14-3-5-15(6-4-14)23(30)32-2/h3-12H,13H2,1-2H3,(H2,26,27)/b19-12-. The molecule has 168 valence electrons. The van der Waals surface area contributed by atoms with Gasteiger partial charge < -0.3 is 19.6 Å². The van der Waals surface area contributed by atoms with Crippen molar-refractivity contribution in [1.82, 2.24) is 4.90 Å². The lowest BCUT2D eigenvalue weighted by Crippen LogP contribution is -2.36. The van der Waals surface area contributed by atoms with Crippen LogP contribution in [-0.4, -0.2) is 37.0 Å². The number of ether oxygens (including phenoxy) is 2. The van der Waals surface area contributed by atoms with Crippen molar-refractivity contribution in [2.45, 2.75) is 6.54 Å². The van der Waals surface area contributed by atoms with Crippen LogP contribution in [0, 0.1) is 0 Å². The topological polar surface area (TPSA) is 107 Å². The molecule has 1 aliphatic rings. The van der Waals surface area contributed by atoms with Gasteiger partial charge >= 0.3 is 5.97 Å². The Kier molecular flexibility index (Phi) is 6.19. The molecule has 4 rings (SSSR count). The highest BCUT2D eigenvalue weighted by atomic mass is 35.5. The molecule has 1 amide bonds. The number of hydrogen-bond donors (Lipinski definition) is 1. The first-order valence-electron chi connectivity index (χ1n) is 9.88. The van der Waals surface area contributed by atoms with Crippen molar-refractivity contribution in [2.75, 3.05) is 14.2 Å². The van der Waals surface area contributed by atoms with Crippen LogP contribution in [0.25, 0.3) is 17.4 Å². The van der Waals surface area contributed by atoms with E-state index in [1.54, 1.807) is 55.6 Å². The number of carbonyl (C=O) groups excluding carboxylic acids is 2. The quantitative estimate of drug-likeness (QED) is 0.434. The molecule has 0 fully saturated rings. The minimum Gasteiger partial charge on any atom is -0.495 e. The van der Waals surface area contributed by atoms with E-state index >= 15 is 0 Å². The van der Waals surface area contributed by atoms with Gasteiger partial charge in [0, 0.05) is 11.6 Å². The Morgan fingerprint density at radius 1 is 1.15 bits per heavy atom. The van der Waals surface area contributed by atoms with Crippen LogP contribution >= 0.6 is 11.6 Å². The number of methoxy groups -OCH3 is 2. The molecular weight excluding hydrogens is 446 g/mol. The van der Waals surface area contributed by atoms with E-state index in [2.05, 4.69) is 9.73 Å². The summed E-state index contributed by atoms with van der Waals surface area (Å²) < 4.78 is 15.7. The summed E-state index contributed by atoms with van der Waals surface area (Å²) in [6.07, 6.45) is 1.53. The summed E-state index contributed by atoms with van der Waals surface area (Å²) in [5, 5.41) is 0.463. The fraction of sp³-hybridized carbons (Fsp3) is 0.125. The first-order valence-corrected chi connectivity index (χ1v) is 10.3. The second-order valence-electron chi connectivity index (χ2n) is 7.13. The average molecular weight is 466 g/mol. The van der Waals surface area contributed by atoms with Crippen LogP contribution < -0.4 is 10.5 Å². The summed E-state index contributed by atoms with van der Waals surface area (Å²) in [5.41, 5.74) is 8.11. The Morgan fingerprint density at radius 2 is 1.91 bits per heavy atom. The van der Waals surface area contributed by atoms with E-state index in [0.29, 0.717) is 27.9 Å². The highest BCUT2D eigenvalue weighted by Gasteiger charge is 2.29. The maximum absolute atomic E-state index is 12.9. The molecule has 0 aliphatic carbocycles. The van der Waals surface area contributed by atoms with Crippen molar-refractivity contribution in [3.8, 4) is 17.1 Å². The number of amides is 1. The number of carbonyl (C=O) groups is 2. The highest BCUT2D eigenvalue weighted by molar-refractivity contribution is 6.32. The lowest BCUT2D eigenvalue weighted by atomic mass is 10.1. The van der Waals surface area contributed by atoms with Gasteiger partial charge in [-0.2, -0.15) is 0 Å². The number of nitrogens with zero attached hydrogens (tertiary/aromatic N) is 2. The van der Waals surface area contributed by atoms with Crippen LogP contribution in [0.2, 0.25) is 5.02 Å². The molecule has 0 atom stereocenters. The van der Waals surface area contributed by atoms with Crippen molar-refractivity contribution in [1.29, 1.82) is 0 Å². The largest absolute Gasteiger partial charge is 0.495 e. The SMILES string of the molecule is COC(=O)c1ccc(CN2C(=O)/C(=C/c3ccc(-c4ccc(OC)c(Cl)c4)o3)N=C2N)cc1. The number of rotatable bonds is 6. The molecule has 9 heteroatoms. The number of nitrogens with two attached hydrogens (primary N) is 1. The van der Waals surface area contributed by atoms with Gasteiger partial charge in [-0.3, -0.25) is 9.69 Å². The van der Waals surface area contributed by atoms with Crippen LogP contribution in [0.1, 0.15) is 21.7 Å². The molecule has 2 aromatic carbocycles. The number of esters is 1. The van der Waals surface area contributed by atoms with E-state index in [9.17, 15) is 9.59 Å². The minimum absolute atomic E-state index is 0.0806. The van der Waals surface area contributed by atoms with Gasteiger partial charge in [-0.25, -0.2) is 9.79 Å². The average Bonchev–Trinajstić information content (AvgIpc) is 3.39. The van der Waals surface area contributed by atoms with Crippen molar-refractivity contribution < 1.29 is 23.5 Å². The number of halogens is 1. The molecular formula is C24H20ClN3O5. The van der Waals surface area contributed by atoms with Gasteiger partial charge in [-0.15, -0.1) is 0 Å². The highest BCUT2D eigenvalue weighted by Crippen LogP contribution is 2.31. The molecule has 0 saturated heterocycles. The van der Waals surface area contributed by atoms with Crippen LogP contribution in [0.3, 0.4) is 0 Å². The molecule has 0 saturated carbocycles. The van der Waals surface area contributed by atoms with Gasteiger partial charge in [-0.05, 0) is 48.0 Å². The van der Waals surface area contributed by atoms with Crippen molar-refractivity contribution in [3.63, 3.8) is 0 Å². The smallest absolute Gasteiger partial charge is 0.337 e. The summed E-state index contributed by atoms with van der Waals surface area (Å²) in [4.78, 5) is 30.0. The Hall–Kier alpha value is -4.04. The molecule has 2 N–H and O–H groups in total. The molecule has 1 aliphatic heterocycles. The van der Waals surface area contributed by atoms with E-state index in [0.717, 1.165) is 11.1 Å². The van der Waals surface area contributed by atoms with Crippen molar-refractivity contribution >= 4 is 35.5 Å². The third-order valence-corrected chi connectivity index (χ3v) is 5.33. The summed E-state index contributed by atoms with van der Waals surface area (Å²) in [5.74, 6) is 0.889. The van der Waals surface area contributed by atoms with E-state index in [1.807, 2.05) is 6.07 Å². The molecule has 0 unspecified atom stereocenters. The van der Waals surface area contributed by atoms with Crippen LogP contribution in [0.4, 0.5) is 0 Å². The fourth-order valence-electron chi connectivity index (χ4n) is 3.31. The Balaban J connectivity index is 1.50. The molecule has 2 heterocycles. The predicted molar refractivity (Wildman–Crippen MR) is 124 cm³/mol. The monoisotopic (exact) mass is 465 g/mol. The van der Waals surface area contributed by atoms with Crippen LogP contribution in [-0.2, 0) is 16.1 Å². The summed E-state index contributed by atoms with van der Waals surface area (Å²) in [6.45, 7) is 0.209. The molecule has 33 heavy (non-hydrogen) atoms. The molecule has 1 aromatic heterocycles. The molecule has 0 bridgehead atoms. The fourth-order valence-corrected chi connectivity index (χ4v) is 3.57. The third kappa shape index (κ3) is 4.61. The van der Waals surface area contributed by atoms with E-state index in [1.165, 1.54) is 18.1 Å². The normalized spacial score (nSPS) is 14.5. The lowest BCUT2D eigenvalue weighted by Gasteiger charge is -2.15. The molecule has 3 aromatic rings. The number of hydrogen-bond acceptors (Lipinski definition) is 7. The minimum atomic E-state index is -0.431. The second kappa shape index (κ2) is 9.22. The first-order chi connectivity index (χ1) is 15.9. The maximum Gasteiger partial charge on any atom is 0.337 e. The van der Waals surface area contributed by atoms with Crippen LogP contribution in [0.15, 0.2) is 69.7 Å². The van der Waals surface area contributed by atoms with Gasteiger partial charge in [0.1, 0.15) is 23.0 Å². The number of aliphatic imine (C=N–C) groups is 1. The Morgan fingerprint density at radius 3 is 2.58 bits per heavy atom. The third-order valence-electron chi connectivity index (χ3n) is 5.03. The van der Waals surface area contributed by atoms with Crippen molar-refractivity contribution in [2.24, 2.45) is 10.7 Å². The summed E-state index contributed by atoms with van der Waals surface area (Å²) in [6, 6.07) is 15.5. The van der Waals surface area contributed by atoms with Gasteiger partial charge in [-0.1, -0.05) is 23.7 Å².